The van der Waals surface area contributed by atoms with Gasteiger partial charge in [0.1, 0.15) is 6.61 Å². The molecule has 1 aromatic heterocycles. The van der Waals surface area contributed by atoms with Crippen LogP contribution in [-0.4, -0.2) is 48.3 Å². The first kappa shape index (κ1) is 14.1. The Morgan fingerprint density at radius 1 is 1.68 bits per heavy atom. The van der Waals surface area contributed by atoms with E-state index in [2.05, 4.69) is 11.8 Å². The van der Waals surface area contributed by atoms with E-state index in [1.165, 1.54) is 11.3 Å². The molecule has 19 heavy (non-hydrogen) atoms. The topological polar surface area (TPSA) is 49.8 Å². The molecule has 1 atom stereocenters. The number of carbonyl (C=O) groups is 1. The number of hydrogen-bond acceptors (Lipinski definition) is 4. The normalized spacial score (nSPS) is 19.5. The molecule has 1 aliphatic rings. The number of hydrogen-bond donors (Lipinski definition) is 1. The summed E-state index contributed by atoms with van der Waals surface area (Å²) in [5, 5.41) is 10.5. The lowest BCUT2D eigenvalue weighted by molar-refractivity contribution is 0.0563. The number of aliphatic hydroxyl groups is 1. The highest BCUT2D eigenvalue weighted by Gasteiger charge is 2.21. The Balaban J connectivity index is 2.07. The maximum atomic E-state index is 12.4. The number of carbonyl (C=O) groups excluding carboxylic acids is 1. The molecule has 0 aromatic carbocycles. The van der Waals surface area contributed by atoms with Gasteiger partial charge in [0.05, 0.1) is 16.5 Å². The van der Waals surface area contributed by atoms with Crippen molar-refractivity contribution < 1.29 is 14.6 Å². The van der Waals surface area contributed by atoms with Crippen LogP contribution in [-0.2, 0) is 4.74 Å². The number of rotatable bonds is 1. The average Bonchev–Trinajstić information content (AvgIpc) is 2.77. The molecule has 1 aromatic rings. The number of ether oxygens (including phenoxy) is 1. The third-order valence-electron chi connectivity index (χ3n) is 2.88. The van der Waals surface area contributed by atoms with Crippen molar-refractivity contribution in [2.45, 2.75) is 19.4 Å². The van der Waals surface area contributed by atoms with E-state index in [9.17, 15) is 4.79 Å². The van der Waals surface area contributed by atoms with E-state index in [0.717, 1.165) is 17.8 Å². The molecule has 0 bridgehead atoms. The fourth-order valence-corrected chi connectivity index (χ4v) is 2.75. The van der Waals surface area contributed by atoms with Gasteiger partial charge >= 0.3 is 0 Å². The highest BCUT2D eigenvalue weighted by molar-refractivity contribution is 7.10. The van der Waals surface area contributed by atoms with Crippen LogP contribution in [0.15, 0.2) is 11.4 Å². The van der Waals surface area contributed by atoms with Crippen LogP contribution in [0.1, 0.15) is 28.6 Å². The first-order valence-electron chi connectivity index (χ1n) is 6.30. The zero-order valence-electron chi connectivity index (χ0n) is 10.9. The Morgan fingerprint density at radius 3 is 3.32 bits per heavy atom. The van der Waals surface area contributed by atoms with Gasteiger partial charge in [-0.15, -0.1) is 11.3 Å². The molecule has 1 unspecified atom stereocenters. The molecule has 2 heterocycles. The van der Waals surface area contributed by atoms with Gasteiger partial charge in [-0.25, -0.2) is 0 Å². The van der Waals surface area contributed by atoms with Gasteiger partial charge in [-0.2, -0.15) is 0 Å². The minimum atomic E-state index is -0.165. The molecule has 1 saturated heterocycles. The van der Waals surface area contributed by atoms with Gasteiger partial charge in [0.2, 0.25) is 0 Å². The highest BCUT2D eigenvalue weighted by atomic mass is 32.1. The van der Waals surface area contributed by atoms with Crippen LogP contribution in [0.4, 0.5) is 0 Å². The second kappa shape index (κ2) is 6.71. The second-order valence-electron chi connectivity index (χ2n) is 4.45. The van der Waals surface area contributed by atoms with Crippen molar-refractivity contribution in [2.75, 3.05) is 26.3 Å². The summed E-state index contributed by atoms with van der Waals surface area (Å²) in [4.78, 5) is 15.0. The lowest BCUT2D eigenvalue weighted by atomic mass is 10.2. The minimum Gasteiger partial charge on any atom is -0.384 e. The zero-order valence-corrected chi connectivity index (χ0v) is 11.7. The van der Waals surface area contributed by atoms with Crippen molar-refractivity contribution in [2.24, 2.45) is 0 Å². The van der Waals surface area contributed by atoms with E-state index in [1.807, 2.05) is 17.2 Å². The number of nitrogens with zero attached hydrogens (tertiary/aromatic N) is 1. The van der Waals surface area contributed by atoms with E-state index < -0.39 is 0 Å². The van der Waals surface area contributed by atoms with Gasteiger partial charge in [0.15, 0.2) is 0 Å². The molecule has 4 nitrogen and oxygen atoms in total. The molecule has 1 N–H and O–H groups in total. The van der Waals surface area contributed by atoms with Crippen LogP contribution >= 0.6 is 11.3 Å². The van der Waals surface area contributed by atoms with Gasteiger partial charge in [0.25, 0.3) is 5.91 Å². The minimum absolute atomic E-state index is 0.0330. The number of thiophene rings is 1. The number of amides is 1. The van der Waals surface area contributed by atoms with Crippen LogP contribution < -0.4 is 0 Å². The molecule has 0 aliphatic carbocycles. The summed E-state index contributed by atoms with van der Waals surface area (Å²) in [5.41, 5.74) is 0.668. The molecule has 1 aliphatic heterocycles. The van der Waals surface area contributed by atoms with Crippen molar-refractivity contribution in [3.63, 3.8) is 0 Å². The summed E-state index contributed by atoms with van der Waals surface area (Å²) in [6.45, 7) is 3.89. The van der Waals surface area contributed by atoms with Crippen LogP contribution in [0.3, 0.4) is 0 Å². The molecule has 102 valence electrons. The monoisotopic (exact) mass is 279 g/mol. The van der Waals surface area contributed by atoms with Crippen molar-refractivity contribution in [3.05, 3.63) is 21.9 Å². The summed E-state index contributed by atoms with van der Waals surface area (Å²) in [6.07, 6.45) is 0.955. The Hall–Kier alpha value is -1.35. The van der Waals surface area contributed by atoms with Gasteiger partial charge < -0.3 is 14.7 Å². The third-order valence-corrected chi connectivity index (χ3v) is 3.72. The van der Waals surface area contributed by atoms with Crippen LogP contribution in [0.25, 0.3) is 0 Å². The molecule has 2 rings (SSSR count). The Kier molecular flexibility index (Phi) is 4.97. The fourth-order valence-electron chi connectivity index (χ4n) is 2.00. The average molecular weight is 279 g/mol. The quantitative estimate of drug-likeness (QED) is 0.789. The molecule has 1 fully saturated rings. The Bertz CT molecular complexity index is 500. The van der Waals surface area contributed by atoms with E-state index in [4.69, 9.17) is 9.84 Å². The highest BCUT2D eigenvalue weighted by Crippen LogP contribution is 2.17. The maximum absolute atomic E-state index is 12.4. The van der Waals surface area contributed by atoms with Crippen molar-refractivity contribution in [1.82, 2.24) is 4.90 Å². The summed E-state index contributed by atoms with van der Waals surface area (Å²) in [7, 11) is 0. The smallest absolute Gasteiger partial charge is 0.254 e. The van der Waals surface area contributed by atoms with E-state index >= 15 is 0 Å². The largest absolute Gasteiger partial charge is 0.384 e. The molecule has 0 spiro atoms. The summed E-state index contributed by atoms with van der Waals surface area (Å²) in [5.74, 6) is 5.43. The molecular weight excluding hydrogens is 262 g/mol. The van der Waals surface area contributed by atoms with Gasteiger partial charge in [-0.3, -0.25) is 4.79 Å². The molecule has 0 radical (unpaired) electrons. The zero-order chi connectivity index (χ0) is 13.7. The van der Waals surface area contributed by atoms with Crippen molar-refractivity contribution >= 4 is 17.2 Å². The van der Waals surface area contributed by atoms with E-state index in [-0.39, 0.29) is 18.6 Å². The lowest BCUT2D eigenvalue weighted by Crippen LogP contribution is -2.35. The fraction of sp³-hybridized carbons (Fsp3) is 0.500. The van der Waals surface area contributed by atoms with Gasteiger partial charge in [-0.1, -0.05) is 11.8 Å². The summed E-state index contributed by atoms with van der Waals surface area (Å²) < 4.78 is 5.54. The van der Waals surface area contributed by atoms with Gasteiger partial charge in [0, 0.05) is 25.1 Å². The lowest BCUT2D eigenvalue weighted by Gasteiger charge is -2.21. The first-order valence-corrected chi connectivity index (χ1v) is 7.18. The Morgan fingerprint density at radius 2 is 2.53 bits per heavy atom. The third kappa shape index (κ3) is 3.80. The molecule has 5 heteroatoms. The first-order chi connectivity index (χ1) is 9.20. The Labute approximate surface area is 117 Å². The SMILES string of the molecule is CC1CN(C(=O)c2csc(C#CCO)c2)CCCO1. The van der Waals surface area contributed by atoms with Crippen LogP contribution in [0.5, 0.6) is 0 Å². The predicted molar refractivity (Wildman–Crippen MR) is 74.2 cm³/mol. The van der Waals surface area contributed by atoms with E-state index in [1.54, 1.807) is 6.07 Å². The van der Waals surface area contributed by atoms with Crippen LogP contribution in [0, 0.1) is 11.8 Å². The summed E-state index contributed by atoms with van der Waals surface area (Å²) in [6, 6.07) is 1.78. The second-order valence-corrected chi connectivity index (χ2v) is 5.36. The summed E-state index contributed by atoms with van der Waals surface area (Å²) >= 11 is 1.42. The molecular formula is C14H17NO3S. The molecule has 0 saturated carbocycles. The maximum Gasteiger partial charge on any atom is 0.254 e. The van der Waals surface area contributed by atoms with Crippen molar-refractivity contribution in [3.8, 4) is 11.8 Å². The standard InChI is InChI=1S/C14H17NO3S/c1-11-9-15(5-3-7-18-11)14(17)12-8-13(19-10-12)4-2-6-16/h8,10-11,16H,3,5-7,9H2,1H3. The van der Waals surface area contributed by atoms with Crippen molar-refractivity contribution in [1.29, 1.82) is 0 Å². The molecule has 1 amide bonds. The van der Waals surface area contributed by atoms with Gasteiger partial charge in [-0.05, 0) is 19.4 Å². The van der Waals surface area contributed by atoms with E-state index in [0.29, 0.717) is 18.7 Å². The number of aliphatic hydroxyl groups excluding tert-OH is 1. The predicted octanol–water partition coefficient (Wildman–Crippen LogP) is 1.34. The van der Waals surface area contributed by atoms with Crippen LogP contribution in [0.2, 0.25) is 0 Å².